The summed E-state index contributed by atoms with van der Waals surface area (Å²) in [5, 5.41) is 0. The van der Waals surface area contributed by atoms with Gasteiger partial charge in [0.15, 0.2) is 10.1 Å². The van der Waals surface area contributed by atoms with E-state index < -0.39 is 15.6 Å². The summed E-state index contributed by atoms with van der Waals surface area (Å²) in [6, 6.07) is 0. The number of aromatic nitrogens is 2. The van der Waals surface area contributed by atoms with Crippen molar-refractivity contribution >= 4 is 16.1 Å². The first-order chi connectivity index (χ1) is 13.4. The van der Waals surface area contributed by atoms with Gasteiger partial charge in [0.25, 0.3) is 0 Å². The van der Waals surface area contributed by atoms with Crippen LogP contribution < -0.4 is 4.57 Å². The van der Waals surface area contributed by atoms with E-state index in [9.17, 15) is 18.0 Å². The first kappa shape index (κ1) is 27.1. The van der Waals surface area contributed by atoms with E-state index >= 15 is 0 Å². The number of carbonyl (C=O) groups is 1. The zero-order valence-corrected chi connectivity index (χ0v) is 17.6. The number of unbranched alkanes of at least 4 members (excludes halogenated alkanes) is 4. The molecule has 168 valence electrons. The lowest BCUT2D eigenvalue weighted by Gasteiger charge is -2.08. The number of aryl methyl sites for hydroxylation is 2. The van der Waals surface area contributed by atoms with Gasteiger partial charge in [0.2, 0.25) is 6.33 Å². The molecule has 0 amide bonds. The van der Waals surface area contributed by atoms with Crippen LogP contribution in [0.3, 0.4) is 0 Å². The molecule has 0 fully saturated rings. The van der Waals surface area contributed by atoms with Crippen LogP contribution in [-0.2, 0) is 32.7 Å². The predicted molar refractivity (Wildman–Crippen MR) is 99.5 cm³/mol. The first-order valence-electron chi connectivity index (χ1n) is 9.28. The Kier molecular flexibility index (Phi) is 12.5. The summed E-state index contributed by atoms with van der Waals surface area (Å²) in [5.41, 5.74) is -5.17. The van der Waals surface area contributed by atoms with Crippen LogP contribution in [0.15, 0.2) is 30.9 Å². The summed E-state index contributed by atoms with van der Waals surface area (Å²) in [6.45, 7) is 10.1. The topological polar surface area (TPSA) is 92.3 Å². The molecule has 0 saturated heterocycles. The maximum absolute atomic E-state index is 11.2. The minimum Gasteiger partial charge on any atom is -0.741 e. The highest BCUT2D eigenvalue weighted by atomic mass is 32.2. The van der Waals surface area contributed by atoms with E-state index in [4.69, 9.17) is 17.7 Å². The van der Waals surface area contributed by atoms with Crippen molar-refractivity contribution < 1.29 is 40.2 Å². The van der Waals surface area contributed by atoms with Gasteiger partial charge in [-0.25, -0.2) is 22.3 Å². The van der Waals surface area contributed by atoms with E-state index in [0.29, 0.717) is 12.2 Å². The van der Waals surface area contributed by atoms with E-state index in [0.717, 1.165) is 38.8 Å². The van der Waals surface area contributed by atoms with Crippen LogP contribution in [0.1, 0.15) is 52.4 Å². The third-order valence-electron chi connectivity index (χ3n) is 3.69. The Morgan fingerprint density at radius 3 is 2.31 bits per heavy atom. The SMILES string of the molecule is C=C(C)C(=O)OCCCCCC[n+]1ccn(CCCC)c1.O=S(=O)([O-])C(F)(F)F. The number of nitrogens with zero attached hydrogens (tertiary/aromatic N) is 2. The lowest BCUT2D eigenvalue weighted by Crippen LogP contribution is -2.30. The van der Waals surface area contributed by atoms with Gasteiger partial charge in [-0.3, -0.25) is 0 Å². The molecular weight excluding hydrogens is 413 g/mol. The second-order valence-corrected chi connectivity index (χ2v) is 7.84. The van der Waals surface area contributed by atoms with Gasteiger partial charge in [-0.2, -0.15) is 13.2 Å². The lowest BCUT2D eigenvalue weighted by atomic mass is 10.2. The van der Waals surface area contributed by atoms with Crippen molar-refractivity contribution in [3.05, 3.63) is 30.9 Å². The van der Waals surface area contributed by atoms with Crippen LogP contribution >= 0.6 is 0 Å². The molecule has 1 rings (SSSR count). The molecule has 0 aliphatic heterocycles. The van der Waals surface area contributed by atoms with Crippen LogP contribution in [0.2, 0.25) is 0 Å². The molecular formula is C18H29F3N2O5S. The second-order valence-electron chi connectivity index (χ2n) is 6.47. The van der Waals surface area contributed by atoms with Crippen molar-refractivity contribution in [2.24, 2.45) is 0 Å². The standard InChI is InChI=1S/C17H29N2O2.CHF3O3S/c1-4-5-10-18-12-13-19(15-18)11-8-6-7-9-14-21-17(20)16(2)3;2-1(3,4)8(5,6)7/h12-13,15H,2,4-11,14H2,1,3H3;(H,5,6,7)/q+1;/p-1. The molecule has 1 aromatic rings. The van der Waals surface area contributed by atoms with Crippen molar-refractivity contribution in [1.82, 2.24) is 4.57 Å². The number of imidazole rings is 1. The highest BCUT2D eigenvalue weighted by molar-refractivity contribution is 7.86. The average molecular weight is 443 g/mol. The summed E-state index contributed by atoms with van der Waals surface area (Å²) in [4.78, 5) is 11.2. The van der Waals surface area contributed by atoms with E-state index in [1.807, 2.05) is 0 Å². The molecule has 0 radical (unpaired) electrons. The quantitative estimate of drug-likeness (QED) is 0.131. The molecule has 29 heavy (non-hydrogen) atoms. The monoisotopic (exact) mass is 442 g/mol. The fraction of sp³-hybridized carbons (Fsp3) is 0.667. The Morgan fingerprint density at radius 1 is 1.21 bits per heavy atom. The Labute approximate surface area is 169 Å². The van der Waals surface area contributed by atoms with Crippen LogP contribution in [0.4, 0.5) is 13.2 Å². The molecule has 11 heteroatoms. The van der Waals surface area contributed by atoms with Crippen LogP contribution in [0.5, 0.6) is 0 Å². The van der Waals surface area contributed by atoms with Gasteiger partial charge in [0.1, 0.15) is 12.4 Å². The minimum absolute atomic E-state index is 0.279. The summed E-state index contributed by atoms with van der Waals surface area (Å²) in [5.74, 6) is -0.279. The van der Waals surface area contributed by atoms with Gasteiger partial charge in [0, 0.05) is 5.57 Å². The third-order valence-corrected chi connectivity index (χ3v) is 4.26. The summed E-state index contributed by atoms with van der Waals surface area (Å²) in [6.07, 6.45) is 13.3. The number of hydrogen-bond acceptors (Lipinski definition) is 5. The molecule has 0 aliphatic carbocycles. The van der Waals surface area contributed by atoms with Gasteiger partial charge >= 0.3 is 11.5 Å². The minimum atomic E-state index is -6.09. The molecule has 7 nitrogen and oxygen atoms in total. The molecule has 1 heterocycles. The number of ether oxygens (including phenoxy) is 1. The number of alkyl halides is 3. The van der Waals surface area contributed by atoms with Gasteiger partial charge in [0.05, 0.1) is 19.7 Å². The number of hydrogen-bond donors (Lipinski definition) is 0. The molecule has 0 spiro atoms. The van der Waals surface area contributed by atoms with Crippen molar-refractivity contribution in [1.29, 1.82) is 0 Å². The van der Waals surface area contributed by atoms with Crippen molar-refractivity contribution in [2.45, 2.75) is 71.0 Å². The Balaban J connectivity index is 0.000000828. The lowest BCUT2D eigenvalue weighted by molar-refractivity contribution is -0.696. The Hall–Kier alpha value is -1.88. The summed E-state index contributed by atoms with van der Waals surface area (Å²) < 4.78 is 68.5. The molecule has 0 atom stereocenters. The zero-order valence-electron chi connectivity index (χ0n) is 16.8. The third kappa shape index (κ3) is 13.1. The summed E-state index contributed by atoms with van der Waals surface area (Å²) in [7, 11) is -6.09. The second kappa shape index (κ2) is 13.4. The first-order valence-corrected chi connectivity index (χ1v) is 10.7. The largest absolute Gasteiger partial charge is 0.741 e. The maximum atomic E-state index is 11.2. The number of esters is 1. The van der Waals surface area contributed by atoms with Gasteiger partial charge in [-0.1, -0.05) is 19.9 Å². The fourth-order valence-electron chi connectivity index (χ4n) is 2.08. The van der Waals surface area contributed by atoms with E-state index in [2.05, 4.69) is 41.4 Å². The van der Waals surface area contributed by atoms with Crippen molar-refractivity contribution in [3.63, 3.8) is 0 Å². The molecule has 0 unspecified atom stereocenters. The van der Waals surface area contributed by atoms with Crippen molar-refractivity contribution in [3.8, 4) is 0 Å². The normalized spacial score (nSPS) is 11.5. The van der Waals surface area contributed by atoms with E-state index in [-0.39, 0.29) is 5.97 Å². The van der Waals surface area contributed by atoms with Crippen molar-refractivity contribution in [2.75, 3.05) is 6.61 Å². The zero-order chi connectivity index (χ0) is 22.5. The highest BCUT2D eigenvalue weighted by Gasteiger charge is 2.36. The van der Waals surface area contributed by atoms with Crippen LogP contribution in [-0.4, -0.2) is 35.6 Å². The van der Waals surface area contributed by atoms with Gasteiger partial charge in [-0.15, -0.1) is 0 Å². The van der Waals surface area contributed by atoms with Gasteiger partial charge < -0.3 is 9.29 Å². The number of carbonyl (C=O) groups excluding carboxylic acids is 1. The van der Waals surface area contributed by atoms with Gasteiger partial charge in [-0.05, 0) is 39.0 Å². The predicted octanol–water partition coefficient (Wildman–Crippen LogP) is 3.31. The van der Waals surface area contributed by atoms with E-state index in [1.54, 1.807) is 6.92 Å². The Bertz CT molecular complexity index is 730. The van der Waals surface area contributed by atoms with Crippen LogP contribution in [0.25, 0.3) is 0 Å². The smallest absolute Gasteiger partial charge is 0.485 e. The molecule has 1 aromatic heterocycles. The molecule has 0 saturated carbocycles. The molecule has 0 aliphatic rings. The van der Waals surface area contributed by atoms with E-state index in [1.165, 1.54) is 12.8 Å². The Morgan fingerprint density at radius 2 is 1.79 bits per heavy atom. The highest BCUT2D eigenvalue weighted by Crippen LogP contribution is 2.20. The number of halogens is 3. The molecule has 0 bridgehead atoms. The molecule has 0 aromatic carbocycles. The van der Waals surface area contributed by atoms with Crippen LogP contribution in [0, 0.1) is 0 Å². The average Bonchev–Trinajstić information content (AvgIpc) is 3.05. The fourth-order valence-corrected chi connectivity index (χ4v) is 2.08. The maximum Gasteiger partial charge on any atom is 0.485 e. The summed E-state index contributed by atoms with van der Waals surface area (Å²) >= 11 is 0. The number of rotatable bonds is 11. The molecule has 0 N–H and O–H groups in total.